The van der Waals surface area contributed by atoms with E-state index >= 15 is 0 Å². The maximum atomic E-state index is 10.9. The molecule has 0 bridgehead atoms. The lowest BCUT2D eigenvalue weighted by Crippen LogP contribution is -2.33. The van der Waals surface area contributed by atoms with Gasteiger partial charge in [0.1, 0.15) is 24.3 Å². The molecule has 0 fully saturated rings. The lowest BCUT2D eigenvalue weighted by atomic mass is 10.3. The average molecular weight is 250 g/mol. The third kappa shape index (κ3) is 2.57. The second-order valence-electron chi connectivity index (χ2n) is 3.75. The number of nitrogens with one attached hydrogen (secondary N) is 1. The average Bonchev–Trinajstić information content (AvgIpc) is 2.82. The molecule has 0 radical (unpaired) electrons. The van der Waals surface area contributed by atoms with E-state index in [-0.39, 0.29) is 6.54 Å². The van der Waals surface area contributed by atoms with Crippen molar-refractivity contribution in [3.8, 4) is 0 Å². The van der Waals surface area contributed by atoms with Crippen molar-refractivity contribution in [1.29, 1.82) is 0 Å². The molecular weight excluding hydrogens is 236 g/mol. The van der Waals surface area contributed by atoms with Crippen LogP contribution in [0.25, 0.3) is 11.0 Å². The van der Waals surface area contributed by atoms with E-state index in [1.54, 1.807) is 18.2 Å². The number of hydrogen-bond donors (Lipinski definition) is 2. The van der Waals surface area contributed by atoms with E-state index in [0.29, 0.717) is 24.6 Å². The summed E-state index contributed by atoms with van der Waals surface area (Å²) in [5.74, 6) is -0.311. The zero-order valence-corrected chi connectivity index (χ0v) is 9.96. The molecule has 0 aliphatic heterocycles. The molecule has 96 valence electrons. The number of carboxylic acid groups (broad SMARTS) is 1. The maximum Gasteiger partial charge on any atom is 0.323 e. The predicted octanol–water partition coefficient (Wildman–Crippen LogP) is 0.495. The van der Waals surface area contributed by atoms with E-state index in [4.69, 9.17) is 9.84 Å². The van der Waals surface area contributed by atoms with Crippen LogP contribution in [0.15, 0.2) is 18.6 Å². The normalized spacial score (nSPS) is 10.7. The van der Waals surface area contributed by atoms with Gasteiger partial charge in [0.25, 0.3) is 0 Å². The number of anilines is 1. The van der Waals surface area contributed by atoms with Gasteiger partial charge in [0.2, 0.25) is 0 Å². The van der Waals surface area contributed by atoms with Gasteiger partial charge < -0.3 is 19.7 Å². The van der Waals surface area contributed by atoms with Gasteiger partial charge in [0, 0.05) is 19.9 Å². The van der Waals surface area contributed by atoms with Crippen LogP contribution in [-0.4, -0.2) is 52.8 Å². The van der Waals surface area contributed by atoms with E-state index in [1.807, 2.05) is 6.07 Å². The zero-order valence-electron chi connectivity index (χ0n) is 9.96. The molecule has 0 aromatic carbocycles. The van der Waals surface area contributed by atoms with E-state index in [9.17, 15) is 4.79 Å². The highest BCUT2D eigenvalue weighted by molar-refractivity contribution is 5.88. The van der Waals surface area contributed by atoms with Crippen LogP contribution in [0.3, 0.4) is 0 Å². The molecule has 0 spiro atoms. The topological polar surface area (TPSA) is 91.3 Å². The monoisotopic (exact) mass is 250 g/mol. The van der Waals surface area contributed by atoms with Crippen LogP contribution in [-0.2, 0) is 9.53 Å². The summed E-state index contributed by atoms with van der Waals surface area (Å²) in [4.78, 5) is 23.7. The number of carbonyl (C=O) groups is 1. The van der Waals surface area contributed by atoms with Crippen molar-refractivity contribution in [3.63, 3.8) is 0 Å². The summed E-state index contributed by atoms with van der Waals surface area (Å²) in [6, 6.07) is 1.83. The Hall–Kier alpha value is -2.15. The number of methoxy groups -OCH3 is 1. The van der Waals surface area contributed by atoms with E-state index in [1.165, 1.54) is 6.33 Å². The van der Waals surface area contributed by atoms with Gasteiger partial charge >= 0.3 is 5.97 Å². The molecular formula is C11H14N4O3. The third-order valence-electron chi connectivity index (χ3n) is 2.52. The van der Waals surface area contributed by atoms with Crippen LogP contribution in [0.1, 0.15) is 0 Å². The Morgan fingerprint density at radius 2 is 2.39 bits per heavy atom. The molecule has 0 aliphatic rings. The van der Waals surface area contributed by atoms with Gasteiger partial charge in [-0.3, -0.25) is 4.79 Å². The molecule has 2 rings (SSSR count). The lowest BCUT2D eigenvalue weighted by molar-refractivity contribution is -0.135. The number of nitrogens with zero attached hydrogens (tertiary/aromatic N) is 3. The highest BCUT2D eigenvalue weighted by Gasteiger charge is 2.15. The minimum atomic E-state index is -0.909. The van der Waals surface area contributed by atoms with Crippen molar-refractivity contribution in [3.05, 3.63) is 18.6 Å². The fourth-order valence-electron chi connectivity index (χ4n) is 1.74. The first-order valence-electron chi connectivity index (χ1n) is 5.46. The van der Waals surface area contributed by atoms with Crippen LogP contribution < -0.4 is 4.90 Å². The Bertz CT molecular complexity index is 540. The highest BCUT2D eigenvalue weighted by atomic mass is 16.5. The second-order valence-corrected chi connectivity index (χ2v) is 3.75. The molecule has 0 saturated carbocycles. The summed E-state index contributed by atoms with van der Waals surface area (Å²) in [7, 11) is 1.57. The van der Waals surface area contributed by atoms with Crippen molar-refractivity contribution < 1.29 is 14.6 Å². The van der Waals surface area contributed by atoms with Crippen molar-refractivity contribution in [2.24, 2.45) is 0 Å². The zero-order chi connectivity index (χ0) is 13.0. The smallest absolute Gasteiger partial charge is 0.323 e. The van der Waals surface area contributed by atoms with Crippen LogP contribution in [0.4, 0.5) is 5.82 Å². The number of aliphatic carboxylic acids is 1. The number of H-pyrrole nitrogens is 1. The predicted molar refractivity (Wildman–Crippen MR) is 65.6 cm³/mol. The van der Waals surface area contributed by atoms with E-state index < -0.39 is 5.97 Å². The SMILES string of the molecule is COCCN(CC(=O)O)c1ncnc2[nH]ccc12. The molecule has 18 heavy (non-hydrogen) atoms. The molecule has 2 N–H and O–H groups in total. The largest absolute Gasteiger partial charge is 0.480 e. The van der Waals surface area contributed by atoms with Crippen LogP contribution in [0, 0.1) is 0 Å². The highest BCUT2D eigenvalue weighted by Crippen LogP contribution is 2.21. The second kappa shape index (κ2) is 5.46. The molecule has 0 amide bonds. The van der Waals surface area contributed by atoms with Crippen LogP contribution in [0.5, 0.6) is 0 Å². The molecule has 7 heteroatoms. The fourth-order valence-corrected chi connectivity index (χ4v) is 1.74. The number of hydrogen-bond acceptors (Lipinski definition) is 5. The standard InChI is InChI=1S/C11H14N4O3/c1-18-5-4-15(6-9(16)17)11-8-2-3-12-10(8)13-7-14-11/h2-3,7H,4-6H2,1H3,(H,16,17)(H,12,13,14). The Morgan fingerprint density at radius 1 is 1.56 bits per heavy atom. The summed E-state index contributed by atoms with van der Waals surface area (Å²) in [5.41, 5.74) is 0.688. The molecule has 7 nitrogen and oxygen atoms in total. The van der Waals surface area contributed by atoms with Gasteiger partial charge in [-0.1, -0.05) is 0 Å². The Kier molecular flexibility index (Phi) is 3.73. The summed E-state index contributed by atoms with van der Waals surface area (Å²) in [5, 5.41) is 9.73. The van der Waals surface area contributed by atoms with Gasteiger partial charge in [-0.15, -0.1) is 0 Å². The van der Waals surface area contributed by atoms with Gasteiger partial charge in [0.15, 0.2) is 0 Å². The first-order chi connectivity index (χ1) is 8.72. The number of ether oxygens (including phenoxy) is 1. The van der Waals surface area contributed by atoms with Crippen molar-refractivity contribution in [1.82, 2.24) is 15.0 Å². The molecule has 0 unspecified atom stereocenters. The van der Waals surface area contributed by atoms with Gasteiger partial charge in [-0.25, -0.2) is 9.97 Å². The Labute approximate surface area is 103 Å². The summed E-state index contributed by atoms with van der Waals surface area (Å²) < 4.78 is 4.98. The van der Waals surface area contributed by atoms with Gasteiger partial charge in [-0.2, -0.15) is 0 Å². The lowest BCUT2D eigenvalue weighted by Gasteiger charge is -2.21. The van der Waals surface area contributed by atoms with Crippen molar-refractivity contribution in [2.45, 2.75) is 0 Å². The van der Waals surface area contributed by atoms with Gasteiger partial charge in [0.05, 0.1) is 12.0 Å². The molecule has 2 aromatic heterocycles. The number of rotatable bonds is 6. The minimum Gasteiger partial charge on any atom is -0.480 e. The van der Waals surface area contributed by atoms with Gasteiger partial charge in [-0.05, 0) is 6.07 Å². The maximum absolute atomic E-state index is 10.9. The Morgan fingerprint density at radius 3 is 3.11 bits per heavy atom. The number of carboxylic acids is 1. The summed E-state index contributed by atoms with van der Waals surface area (Å²) in [6.45, 7) is 0.768. The van der Waals surface area contributed by atoms with Crippen LogP contribution in [0.2, 0.25) is 0 Å². The first-order valence-corrected chi connectivity index (χ1v) is 5.46. The molecule has 0 aliphatic carbocycles. The fraction of sp³-hybridized carbons (Fsp3) is 0.364. The molecule has 2 aromatic rings. The first kappa shape index (κ1) is 12.3. The van der Waals surface area contributed by atoms with Crippen molar-refractivity contribution in [2.75, 3.05) is 31.7 Å². The molecule has 0 saturated heterocycles. The number of aromatic amines is 1. The van der Waals surface area contributed by atoms with Crippen molar-refractivity contribution >= 4 is 22.8 Å². The molecule has 2 heterocycles. The van der Waals surface area contributed by atoms with E-state index in [2.05, 4.69) is 15.0 Å². The minimum absolute atomic E-state index is 0.124. The summed E-state index contributed by atoms with van der Waals surface area (Å²) in [6.07, 6.45) is 3.16. The van der Waals surface area contributed by atoms with Crippen LogP contribution >= 0.6 is 0 Å². The third-order valence-corrected chi connectivity index (χ3v) is 2.52. The molecule has 0 atom stereocenters. The quantitative estimate of drug-likeness (QED) is 0.775. The summed E-state index contributed by atoms with van der Waals surface area (Å²) >= 11 is 0. The number of fused-ring (bicyclic) bond motifs is 1. The van der Waals surface area contributed by atoms with E-state index in [0.717, 1.165) is 5.39 Å². The Balaban J connectivity index is 2.33. The number of aromatic nitrogens is 3.